The number of likely N-dealkylation sites (N-methyl/N-ethyl adjacent to an activating group) is 1. The van der Waals surface area contributed by atoms with Crippen molar-refractivity contribution in [3.05, 3.63) is 24.3 Å². The van der Waals surface area contributed by atoms with Crippen LogP contribution in [-0.4, -0.2) is 67.0 Å². The molecule has 1 aromatic rings. The van der Waals surface area contributed by atoms with Crippen molar-refractivity contribution in [1.29, 1.82) is 0 Å². The lowest BCUT2D eigenvalue weighted by Crippen LogP contribution is -2.47. The lowest BCUT2D eigenvalue weighted by atomic mass is 10.3. The summed E-state index contributed by atoms with van der Waals surface area (Å²) in [4.78, 5) is 17.8. The van der Waals surface area contributed by atoms with Gasteiger partial charge in [0.25, 0.3) is 0 Å². The van der Waals surface area contributed by atoms with Crippen LogP contribution in [0.4, 0.5) is 5.69 Å². The smallest absolute Gasteiger partial charge is 0.238 e. The van der Waals surface area contributed by atoms with E-state index in [1.54, 1.807) is 21.6 Å². The standard InChI is InChI=1S/C15H23N3OS3/c1-17-6-8-18(9-7-17)12-15(19)16-13-2-4-14(5-3-13)22-21-11-10-20/h2-5,20H,6-12H2,1H3,(H,16,19). The van der Waals surface area contributed by atoms with Gasteiger partial charge in [0.2, 0.25) is 5.91 Å². The fraction of sp³-hybridized carbons (Fsp3) is 0.533. The van der Waals surface area contributed by atoms with Crippen LogP contribution in [0.1, 0.15) is 0 Å². The van der Waals surface area contributed by atoms with Crippen molar-refractivity contribution in [2.45, 2.75) is 4.90 Å². The molecular formula is C15H23N3OS3. The van der Waals surface area contributed by atoms with Crippen LogP contribution in [0, 0.1) is 0 Å². The highest BCUT2D eigenvalue weighted by molar-refractivity contribution is 8.76. The summed E-state index contributed by atoms with van der Waals surface area (Å²) < 4.78 is 0. The first-order valence-corrected chi connectivity index (χ1v) is 10.3. The molecule has 0 radical (unpaired) electrons. The van der Waals surface area contributed by atoms with Gasteiger partial charge in [-0.1, -0.05) is 21.6 Å². The second kappa shape index (κ2) is 9.72. The third kappa shape index (κ3) is 6.42. The summed E-state index contributed by atoms with van der Waals surface area (Å²) in [6.07, 6.45) is 0. The average molecular weight is 358 g/mol. The quantitative estimate of drug-likeness (QED) is 0.445. The first-order chi connectivity index (χ1) is 10.7. The molecule has 0 atom stereocenters. The molecule has 4 nitrogen and oxygen atoms in total. The van der Waals surface area contributed by atoms with E-state index in [-0.39, 0.29) is 5.91 Å². The molecule has 2 rings (SSSR count). The maximum atomic E-state index is 12.1. The minimum atomic E-state index is 0.0643. The highest BCUT2D eigenvalue weighted by Crippen LogP contribution is 2.31. The Morgan fingerprint density at radius 2 is 1.91 bits per heavy atom. The Morgan fingerprint density at radius 1 is 1.23 bits per heavy atom. The van der Waals surface area contributed by atoms with Crippen molar-refractivity contribution >= 4 is 45.8 Å². The zero-order chi connectivity index (χ0) is 15.8. The number of carbonyl (C=O) groups excluding carboxylic acids is 1. The predicted octanol–water partition coefficient (Wildman–Crippen LogP) is 2.54. The Morgan fingerprint density at radius 3 is 2.55 bits per heavy atom. The van der Waals surface area contributed by atoms with E-state index in [9.17, 15) is 4.79 Å². The molecule has 122 valence electrons. The molecule has 0 spiro atoms. The van der Waals surface area contributed by atoms with Gasteiger partial charge < -0.3 is 10.2 Å². The van der Waals surface area contributed by atoms with Gasteiger partial charge in [-0.15, -0.1) is 0 Å². The lowest BCUT2D eigenvalue weighted by Gasteiger charge is -2.31. The molecule has 1 aliphatic heterocycles. The SMILES string of the molecule is CN1CCN(CC(=O)Nc2ccc(SSCCS)cc2)CC1. The third-order valence-corrected chi connectivity index (χ3v) is 6.34. The van der Waals surface area contributed by atoms with Crippen LogP contribution in [0.2, 0.25) is 0 Å². The van der Waals surface area contributed by atoms with E-state index >= 15 is 0 Å². The van der Waals surface area contributed by atoms with Gasteiger partial charge in [0.05, 0.1) is 6.54 Å². The monoisotopic (exact) mass is 357 g/mol. The summed E-state index contributed by atoms with van der Waals surface area (Å²) in [5.41, 5.74) is 0.864. The first kappa shape index (κ1) is 18.0. The van der Waals surface area contributed by atoms with E-state index in [1.165, 1.54) is 4.90 Å². The number of carbonyl (C=O) groups is 1. The van der Waals surface area contributed by atoms with Gasteiger partial charge in [0.15, 0.2) is 0 Å². The third-order valence-electron chi connectivity index (χ3n) is 3.43. The number of amides is 1. The largest absolute Gasteiger partial charge is 0.325 e. The van der Waals surface area contributed by atoms with Crippen LogP contribution in [0.25, 0.3) is 0 Å². The number of rotatable bonds is 7. The number of hydrogen-bond donors (Lipinski definition) is 2. The molecule has 1 heterocycles. The van der Waals surface area contributed by atoms with Crippen LogP contribution < -0.4 is 5.32 Å². The van der Waals surface area contributed by atoms with Crippen LogP contribution >= 0.6 is 34.2 Å². The summed E-state index contributed by atoms with van der Waals surface area (Å²) >= 11 is 4.19. The summed E-state index contributed by atoms with van der Waals surface area (Å²) in [5.74, 6) is 1.98. The number of nitrogens with one attached hydrogen (secondary N) is 1. The minimum Gasteiger partial charge on any atom is -0.325 e. The minimum absolute atomic E-state index is 0.0643. The predicted molar refractivity (Wildman–Crippen MR) is 101 cm³/mol. The Kier molecular flexibility index (Phi) is 7.96. The van der Waals surface area contributed by atoms with Crippen molar-refractivity contribution in [2.24, 2.45) is 0 Å². The topological polar surface area (TPSA) is 35.6 Å². The molecule has 1 N–H and O–H groups in total. The summed E-state index contributed by atoms with van der Waals surface area (Å²) in [6, 6.07) is 8.01. The molecule has 0 unspecified atom stereocenters. The number of hydrogen-bond acceptors (Lipinski definition) is 6. The average Bonchev–Trinajstić information content (AvgIpc) is 2.51. The molecule has 1 fully saturated rings. The zero-order valence-electron chi connectivity index (χ0n) is 12.8. The highest BCUT2D eigenvalue weighted by atomic mass is 33.1. The lowest BCUT2D eigenvalue weighted by molar-refractivity contribution is -0.117. The van der Waals surface area contributed by atoms with Gasteiger partial charge in [-0.05, 0) is 31.3 Å². The number of anilines is 1. The molecule has 7 heteroatoms. The van der Waals surface area contributed by atoms with Crippen molar-refractivity contribution < 1.29 is 4.79 Å². The molecular weight excluding hydrogens is 334 g/mol. The van der Waals surface area contributed by atoms with Crippen molar-refractivity contribution in [3.8, 4) is 0 Å². The van der Waals surface area contributed by atoms with E-state index < -0.39 is 0 Å². The number of benzene rings is 1. The first-order valence-electron chi connectivity index (χ1n) is 7.38. The van der Waals surface area contributed by atoms with Crippen molar-refractivity contribution in [2.75, 3.05) is 56.6 Å². The van der Waals surface area contributed by atoms with E-state index in [1.807, 2.05) is 24.3 Å². The van der Waals surface area contributed by atoms with Crippen LogP contribution in [0.3, 0.4) is 0 Å². The highest BCUT2D eigenvalue weighted by Gasteiger charge is 2.16. The van der Waals surface area contributed by atoms with E-state index in [0.29, 0.717) is 6.54 Å². The van der Waals surface area contributed by atoms with Crippen LogP contribution in [-0.2, 0) is 4.79 Å². The molecule has 22 heavy (non-hydrogen) atoms. The van der Waals surface area contributed by atoms with Crippen molar-refractivity contribution in [3.63, 3.8) is 0 Å². The van der Waals surface area contributed by atoms with Crippen LogP contribution in [0.15, 0.2) is 29.2 Å². The maximum absolute atomic E-state index is 12.1. The van der Waals surface area contributed by atoms with Gasteiger partial charge in [-0.25, -0.2) is 0 Å². The summed E-state index contributed by atoms with van der Waals surface area (Å²) in [6.45, 7) is 4.46. The molecule has 0 aliphatic carbocycles. The van der Waals surface area contributed by atoms with Crippen molar-refractivity contribution in [1.82, 2.24) is 9.80 Å². The van der Waals surface area contributed by atoms with E-state index in [2.05, 4.69) is 34.8 Å². The van der Waals surface area contributed by atoms with E-state index in [4.69, 9.17) is 0 Å². The molecule has 1 aromatic carbocycles. The van der Waals surface area contributed by atoms with E-state index in [0.717, 1.165) is 43.4 Å². The second-order valence-corrected chi connectivity index (χ2v) is 8.22. The summed E-state index contributed by atoms with van der Waals surface area (Å²) in [5, 5.41) is 2.97. The second-order valence-electron chi connectivity index (χ2n) is 5.28. The van der Waals surface area contributed by atoms with Crippen LogP contribution in [0.5, 0.6) is 0 Å². The molecule has 0 bridgehead atoms. The Balaban J connectivity index is 1.74. The van der Waals surface area contributed by atoms with Gasteiger partial charge in [0, 0.05) is 48.3 Å². The molecule has 1 saturated heterocycles. The van der Waals surface area contributed by atoms with Gasteiger partial charge in [0.1, 0.15) is 0 Å². The normalized spacial score (nSPS) is 16.6. The van der Waals surface area contributed by atoms with Gasteiger partial charge >= 0.3 is 0 Å². The number of nitrogens with zero attached hydrogens (tertiary/aromatic N) is 2. The summed E-state index contributed by atoms with van der Waals surface area (Å²) in [7, 11) is 5.65. The van der Waals surface area contributed by atoms with Gasteiger partial charge in [-0.2, -0.15) is 12.6 Å². The molecule has 1 aliphatic rings. The fourth-order valence-electron chi connectivity index (χ4n) is 2.15. The number of thiol groups is 1. The number of piperazine rings is 1. The molecule has 0 saturated carbocycles. The fourth-order valence-corrected chi connectivity index (χ4v) is 4.58. The Labute approximate surface area is 146 Å². The Hall–Kier alpha value is -0.340. The maximum Gasteiger partial charge on any atom is 0.238 e. The Bertz CT molecular complexity index is 462. The molecule has 0 aromatic heterocycles. The zero-order valence-corrected chi connectivity index (χ0v) is 15.4. The molecule has 1 amide bonds. The van der Waals surface area contributed by atoms with Gasteiger partial charge in [-0.3, -0.25) is 9.69 Å².